The highest BCUT2D eigenvalue weighted by atomic mass is 79.9. The van der Waals surface area contributed by atoms with Gasteiger partial charge in [-0.15, -0.1) is 0 Å². The molecule has 1 aliphatic heterocycles. The van der Waals surface area contributed by atoms with E-state index in [1.165, 1.54) is 0 Å². The lowest BCUT2D eigenvalue weighted by molar-refractivity contribution is -0.191. The predicted octanol–water partition coefficient (Wildman–Crippen LogP) is 2.73. The minimum Gasteiger partial charge on any atom is -0.454 e. The first-order chi connectivity index (χ1) is 8.08. The molecule has 94 valence electrons. The number of benzene rings is 1. The molecular formula is C12H15BrO4. The van der Waals surface area contributed by atoms with Crippen LogP contribution in [0.1, 0.15) is 12.5 Å². The van der Waals surface area contributed by atoms with Gasteiger partial charge in [-0.2, -0.15) is 0 Å². The van der Waals surface area contributed by atoms with Crippen LogP contribution in [0.25, 0.3) is 0 Å². The van der Waals surface area contributed by atoms with E-state index in [0.29, 0.717) is 6.42 Å². The largest absolute Gasteiger partial charge is 0.454 e. The molecule has 1 aromatic rings. The van der Waals surface area contributed by atoms with E-state index in [2.05, 4.69) is 15.9 Å². The minimum absolute atomic E-state index is 0.275. The predicted molar refractivity (Wildman–Crippen MR) is 66.4 cm³/mol. The van der Waals surface area contributed by atoms with E-state index in [0.717, 1.165) is 21.5 Å². The average molecular weight is 303 g/mol. The maximum Gasteiger partial charge on any atom is 0.231 e. The van der Waals surface area contributed by atoms with Crippen LogP contribution in [-0.4, -0.2) is 26.8 Å². The number of halogens is 1. The standard InChI is InChI=1S/C12H15BrO4/c1-12(14-2,15-3)6-8-4-10-11(5-9(8)13)17-7-16-10/h4-5H,6-7H2,1-3H3. The van der Waals surface area contributed by atoms with Crippen molar-refractivity contribution in [3.8, 4) is 11.5 Å². The maximum atomic E-state index is 5.35. The molecule has 0 saturated carbocycles. The fraction of sp³-hybridized carbons (Fsp3) is 0.500. The summed E-state index contributed by atoms with van der Waals surface area (Å²) < 4.78 is 22.3. The van der Waals surface area contributed by atoms with Gasteiger partial charge in [0.15, 0.2) is 17.3 Å². The molecule has 0 amide bonds. The summed E-state index contributed by atoms with van der Waals surface area (Å²) in [4.78, 5) is 0. The quantitative estimate of drug-likeness (QED) is 0.802. The van der Waals surface area contributed by atoms with Gasteiger partial charge < -0.3 is 18.9 Å². The first-order valence-corrected chi connectivity index (χ1v) is 6.05. The minimum atomic E-state index is -0.643. The molecule has 0 N–H and O–H groups in total. The summed E-state index contributed by atoms with van der Waals surface area (Å²) in [5.41, 5.74) is 1.06. The lowest BCUT2D eigenvalue weighted by Gasteiger charge is -2.26. The molecule has 0 bridgehead atoms. The molecule has 0 aliphatic carbocycles. The molecule has 1 heterocycles. The van der Waals surface area contributed by atoms with Crippen LogP contribution in [0.5, 0.6) is 11.5 Å². The zero-order valence-electron chi connectivity index (χ0n) is 10.1. The Labute approximate surface area is 109 Å². The summed E-state index contributed by atoms with van der Waals surface area (Å²) in [6.45, 7) is 2.17. The lowest BCUT2D eigenvalue weighted by Crippen LogP contribution is -2.32. The highest BCUT2D eigenvalue weighted by Gasteiger charge is 2.26. The van der Waals surface area contributed by atoms with Crippen molar-refractivity contribution in [2.24, 2.45) is 0 Å². The normalized spacial score (nSPS) is 14.1. The summed E-state index contributed by atoms with van der Waals surface area (Å²) in [5, 5.41) is 0. The van der Waals surface area contributed by atoms with Crippen molar-refractivity contribution in [1.82, 2.24) is 0 Å². The van der Waals surface area contributed by atoms with Gasteiger partial charge in [0.05, 0.1) is 0 Å². The molecule has 1 aromatic carbocycles. The van der Waals surface area contributed by atoms with E-state index in [1.54, 1.807) is 14.2 Å². The van der Waals surface area contributed by atoms with Gasteiger partial charge in [-0.25, -0.2) is 0 Å². The topological polar surface area (TPSA) is 36.9 Å². The number of hydrogen-bond acceptors (Lipinski definition) is 4. The van der Waals surface area contributed by atoms with Crippen LogP contribution in [0.4, 0.5) is 0 Å². The van der Waals surface area contributed by atoms with Crippen molar-refractivity contribution >= 4 is 15.9 Å². The van der Waals surface area contributed by atoms with Crippen LogP contribution in [0, 0.1) is 0 Å². The first-order valence-electron chi connectivity index (χ1n) is 5.26. The SMILES string of the molecule is COC(C)(Cc1cc2c(cc1Br)OCO2)OC. The molecular weight excluding hydrogens is 288 g/mol. The van der Waals surface area contributed by atoms with Crippen molar-refractivity contribution in [2.45, 2.75) is 19.1 Å². The molecule has 0 atom stereocenters. The highest BCUT2D eigenvalue weighted by Crippen LogP contribution is 2.38. The second-order valence-corrected chi connectivity index (χ2v) is 4.87. The number of fused-ring (bicyclic) bond motifs is 1. The van der Waals surface area contributed by atoms with E-state index in [-0.39, 0.29) is 6.79 Å². The summed E-state index contributed by atoms with van der Waals surface area (Å²) in [6, 6.07) is 3.85. The number of methoxy groups -OCH3 is 2. The molecule has 0 saturated heterocycles. The molecule has 2 rings (SSSR count). The van der Waals surface area contributed by atoms with Gasteiger partial charge in [0.25, 0.3) is 0 Å². The Morgan fingerprint density at radius 3 is 2.41 bits per heavy atom. The van der Waals surface area contributed by atoms with Crippen LogP contribution in [0.2, 0.25) is 0 Å². The molecule has 0 fully saturated rings. The van der Waals surface area contributed by atoms with Gasteiger partial charge in [-0.05, 0) is 24.6 Å². The second-order valence-electron chi connectivity index (χ2n) is 4.02. The van der Waals surface area contributed by atoms with Gasteiger partial charge in [-0.1, -0.05) is 15.9 Å². The van der Waals surface area contributed by atoms with E-state index in [4.69, 9.17) is 18.9 Å². The van der Waals surface area contributed by atoms with E-state index >= 15 is 0 Å². The summed E-state index contributed by atoms with van der Waals surface area (Å²) >= 11 is 3.51. The molecule has 0 aromatic heterocycles. The van der Waals surface area contributed by atoms with Gasteiger partial charge in [0, 0.05) is 25.1 Å². The van der Waals surface area contributed by atoms with Crippen molar-refractivity contribution in [2.75, 3.05) is 21.0 Å². The Kier molecular flexibility index (Phi) is 3.61. The Bertz CT molecular complexity index is 415. The van der Waals surface area contributed by atoms with Crippen molar-refractivity contribution in [3.05, 3.63) is 22.2 Å². The third-order valence-electron chi connectivity index (χ3n) is 2.92. The summed E-state index contributed by atoms with van der Waals surface area (Å²) in [5.74, 6) is 0.880. The number of rotatable bonds is 4. The Morgan fingerprint density at radius 2 is 1.82 bits per heavy atom. The Morgan fingerprint density at radius 1 is 1.24 bits per heavy atom. The molecule has 17 heavy (non-hydrogen) atoms. The first kappa shape index (κ1) is 12.7. The summed E-state index contributed by atoms with van der Waals surface area (Å²) in [6.07, 6.45) is 0.622. The molecule has 0 radical (unpaired) electrons. The van der Waals surface area contributed by atoms with E-state index < -0.39 is 5.79 Å². The lowest BCUT2D eigenvalue weighted by atomic mass is 10.1. The number of hydrogen-bond donors (Lipinski definition) is 0. The third-order valence-corrected chi connectivity index (χ3v) is 3.65. The molecule has 1 aliphatic rings. The van der Waals surface area contributed by atoms with Crippen LogP contribution in [-0.2, 0) is 15.9 Å². The molecule has 0 unspecified atom stereocenters. The molecule has 4 nitrogen and oxygen atoms in total. The number of ether oxygens (including phenoxy) is 4. The van der Waals surface area contributed by atoms with Crippen LogP contribution >= 0.6 is 15.9 Å². The van der Waals surface area contributed by atoms with Gasteiger partial charge in [0.1, 0.15) is 0 Å². The highest BCUT2D eigenvalue weighted by molar-refractivity contribution is 9.10. The molecule has 5 heteroatoms. The third kappa shape index (κ3) is 2.56. The summed E-state index contributed by atoms with van der Waals surface area (Å²) in [7, 11) is 3.26. The zero-order valence-corrected chi connectivity index (χ0v) is 11.7. The van der Waals surface area contributed by atoms with E-state index in [1.807, 2.05) is 19.1 Å². The van der Waals surface area contributed by atoms with Crippen molar-refractivity contribution in [3.63, 3.8) is 0 Å². The van der Waals surface area contributed by atoms with Crippen LogP contribution < -0.4 is 9.47 Å². The monoisotopic (exact) mass is 302 g/mol. The maximum absolute atomic E-state index is 5.35. The van der Waals surface area contributed by atoms with Crippen molar-refractivity contribution in [1.29, 1.82) is 0 Å². The van der Waals surface area contributed by atoms with Crippen molar-refractivity contribution < 1.29 is 18.9 Å². The average Bonchev–Trinajstić information content (AvgIpc) is 2.76. The smallest absolute Gasteiger partial charge is 0.231 e. The van der Waals surface area contributed by atoms with Crippen LogP contribution in [0.15, 0.2) is 16.6 Å². The molecule has 0 spiro atoms. The Hall–Kier alpha value is -0.780. The fourth-order valence-electron chi connectivity index (χ4n) is 1.67. The van der Waals surface area contributed by atoms with Gasteiger partial charge in [0.2, 0.25) is 6.79 Å². The van der Waals surface area contributed by atoms with Gasteiger partial charge >= 0.3 is 0 Å². The van der Waals surface area contributed by atoms with E-state index in [9.17, 15) is 0 Å². The van der Waals surface area contributed by atoms with Crippen LogP contribution in [0.3, 0.4) is 0 Å². The van der Waals surface area contributed by atoms with Gasteiger partial charge in [-0.3, -0.25) is 0 Å². The Balaban J connectivity index is 2.27. The second kappa shape index (κ2) is 4.84. The zero-order chi connectivity index (χ0) is 12.5. The fourth-order valence-corrected chi connectivity index (χ4v) is 2.13.